The zero-order chi connectivity index (χ0) is 22.1. The Hall–Kier alpha value is -3.77. The average molecular weight is 440 g/mol. The highest BCUT2D eigenvalue weighted by Gasteiger charge is 2.21. The van der Waals surface area contributed by atoms with Gasteiger partial charge in [0.15, 0.2) is 0 Å². The minimum atomic E-state index is -1.15. The standard InChI is InChI=1S/C26H21N3O2S/c1-31-22-14-13-19(17-21(22)18-9-4-3-5-10-18)24-25(29-16-8-15-27-26(29)28-24)20-11-6-7-12-23(20)32(2)30/h3-17H,1-2H3. The Balaban J connectivity index is 1.80. The van der Waals surface area contributed by atoms with E-state index in [1.54, 1.807) is 19.6 Å². The first-order chi connectivity index (χ1) is 15.7. The molecule has 0 N–H and O–H groups in total. The lowest BCUT2D eigenvalue weighted by atomic mass is 9.98. The number of aromatic nitrogens is 3. The van der Waals surface area contributed by atoms with Gasteiger partial charge in [0.2, 0.25) is 5.78 Å². The van der Waals surface area contributed by atoms with Crippen molar-refractivity contribution in [1.29, 1.82) is 0 Å². The zero-order valence-corrected chi connectivity index (χ0v) is 18.5. The van der Waals surface area contributed by atoms with Crippen molar-refractivity contribution < 1.29 is 8.95 Å². The molecule has 5 nitrogen and oxygen atoms in total. The van der Waals surface area contributed by atoms with Gasteiger partial charge in [-0.2, -0.15) is 0 Å². The summed E-state index contributed by atoms with van der Waals surface area (Å²) in [6.45, 7) is 0. The number of hydrogen-bond donors (Lipinski definition) is 0. The fourth-order valence-electron chi connectivity index (χ4n) is 3.96. The van der Waals surface area contributed by atoms with Crippen LogP contribution in [0.25, 0.3) is 39.4 Å². The third-order valence-corrected chi connectivity index (χ3v) is 6.39. The summed E-state index contributed by atoms with van der Waals surface area (Å²) in [4.78, 5) is 10.1. The largest absolute Gasteiger partial charge is 0.496 e. The van der Waals surface area contributed by atoms with Gasteiger partial charge in [-0.3, -0.25) is 8.61 Å². The van der Waals surface area contributed by atoms with Crippen molar-refractivity contribution in [2.75, 3.05) is 13.4 Å². The monoisotopic (exact) mass is 439 g/mol. The third-order valence-electron chi connectivity index (χ3n) is 5.41. The quantitative estimate of drug-likeness (QED) is 0.364. The SMILES string of the molecule is COc1ccc(-c2nc3ncccn3c2-c2ccccc2S(C)=O)cc1-c1ccccc1. The molecule has 2 aromatic heterocycles. The summed E-state index contributed by atoms with van der Waals surface area (Å²) in [6, 6.07) is 25.8. The molecule has 0 saturated carbocycles. The summed E-state index contributed by atoms with van der Waals surface area (Å²) in [5.74, 6) is 1.38. The summed E-state index contributed by atoms with van der Waals surface area (Å²) < 4.78 is 20.1. The molecule has 0 aliphatic rings. The lowest BCUT2D eigenvalue weighted by Gasteiger charge is -2.13. The fraction of sp³-hybridized carbons (Fsp3) is 0.0769. The van der Waals surface area contributed by atoms with Gasteiger partial charge in [0, 0.05) is 40.2 Å². The smallest absolute Gasteiger partial charge is 0.234 e. The Morgan fingerprint density at radius 2 is 1.66 bits per heavy atom. The van der Waals surface area contributed by atoms with Crippen LogP contribution in [0.5, 0.6) is 5.75 Å². The number of imidazole rings is 1. The van der Waals surface area contributed by atoms with Crippen molar-refractivity contribution in [3.05, 3.63) is 91.3 Å². The van der Waals surface area contributed by atoms with E-state index in [1.165, 1.54) is 0 Å². The molecule has 158 valence electrons. The first kappa shape index (κ1) is 20.2. The molecule has 0 aliphatic heterocycles. The molecule has 0 saturated heterocycles. The Kier molecular flexibility index (Phi) is 5.29. The van der Waals surface area contributed by atoms with Crippen LogP contribution in [0.1, 0.15) is 0 Å². The van der Waals surface area contributed by atoms with Gasteiger partial charge in [0.25, 0.3) is 0 Å². The number of nitrogens with zero attached hydrogens (tertiary/aromatic N) is 3. The minimum Gasteiger partial charge on any atom is -0.496 e. The van der Waals surface area contributed by atoms with Crippen LogP contribution in [-0.2, 0) is 10.8 Å². The highest BCUT2D eigenvalue weighted by molar-refractivity contribution is 7.84. The molecule has 2 heterocycles. The van der Waals surface area contributed by atoms with Crippen molar-refractivity contribution in [2.45, 2.75) is 4.90 Å². The maximum atomic E-state index is 12.5. The van der Waals surface area contributed by atoms with Gasteiger partial charge in [0.05, 0.1) is 29.3 Å². The minimum absolute atomic E-state index is 0.589. The maximum absolute atomic E-state index is 12.5. The highest BCUT2D eigenvalue weighted by Crippen LogP contribution is 2.39. The van der Waals surface area contributed by atoms with Gasteiger partial charge >= 0.3 is 0 Å². The van der Waals surface area contributed by atoms with Crippen LogP contribution in [0.2, 0.25) is 0 Å². The number of benzene rings is 3. The van der Waals surface area contributed by atoms with Crippen molar-refractivity contribution in [2.24, 2.45) is 0 Å². The van der Waals surface area contributed by atoms with E-state index < -0.39 is 10.8 Å². The van der Waals surface area contributed by atoms with Gasteiger partial charge in [-0.1, -0.05) is 48.5 Å². The van der Waals surface area contributed by atoms with E-state index in [1.807, 2.05) is 71.3 Å². The van der Waals surface area contributed by atoms with Crippen molar-refractivity contribution >= 4 is 16.6 Å². The highest BCUT2D eigenvalue weighted by atomic mass is 32.2. The van der Waals surface area contributed by atoms with Gasteiger partial charge in [0.1, 0.15) is 5.75 Å². The molecule has 1 atom stereocenters. The Bertz CT molecular complexity index is 1440. The van der Waals surface area contributed by atoms with Gasteiger partial charge in [-0.15, -0.1) is 0 Å². The van der Waals surface area contributed by atoms with Crippen molar-refractivity contribution in [1.82, 2.24) is 14.4 Å². The summed E-state index contributed by atoms with van der Waals surface area (Å²) >= 11 is 0. The van der Waals surface area contributed by atoms with Crippen LogP contribution in [0.15, 0.2) is 96.2 Å². The molecule has 0 radical (unpaired) electrons. The van der Waals surface area contributed by atoms with Gasteiger partial charge < -0.3 is 4.74 Å². The number of hydrogen-bond acceptors (Lipinski definition) is 4. The molecule has 6 heteroatoms. The van der Waals surface area contributed by atoms with Crippen LogP contribution < -0.4 is 4.74 Å². The van der Waals surface area contributed by atoms with Crippen LogP contribution in [-0.4, -0.2) is 31.9 Å². The number of ether oxygens (including phenoxy) is 1. The van der Waals surface area contributed by atoms with Gasteiger partial charge in [-0.05, 0) is 35.9 Å². The second kappa shape index (κ2) is 8.40. The maximum Gasteiger partial charge on any atom is 0.234 e. The van der Waals surface area contributed by atoms with Gasteiger partial charge in [-0.25, -0.2) is 9.97 Å². The van der Waals surface area contributed by atoms with E-state index in [2.05, 4.69) is 23.2 Å². The Morgan fingerprint density at radius 3 is 2.44 bits per heavy atom. The lowest BCUT2D eigenvalue weighted by molar-refractivity contribution is 0.416. The summed E-state index contributed by atoms with van der Waals surface area (Å²) in [5, 5.41) is 0. The summed E-state index contributed by atoms with van der Waals surface area (Å²) in [7, 11) is 0.522. The molecule has 0 spiro atoms. The van der Waals surface area contributed by atoms with E-state index in [0.717, 1.165) is 44.3 Å². The Morgan fingerprint density at radius 1 is 0.875 bits per heavy atom. The van der Waals surface area contributed by atoms with E-state index in [9.17, 15) is 4.21 Å². The van der Waals surface area contributed by atoms with Crippen molar-refractivity contribution in [3.63, 3.8) is 0 Å². The predicted molar refractivity (Wildman–Crippen MR) is 128 cm³/mol. The molecule has 0 fully saturated rings. The fourth-order valence-corrected chi connectivity index (χ4v) is 4.70. The van der Waals surface area contributed by atoms with Crippen LogP contribution in [0, 0.1) is 0 Å². The summed E-state index contributed by atoms with van der Waals surface area (Å²) in [5.41, 5.74) is 5.49. The van der Waals surface area contributed by atoms with Crippen molar-refractivity contribution in [3.8, 4) is 39.4 Å². The first-order valence-electron chi connectivity index (χ1n) is 10.2. The van der Waals surface area contributed by atoms with Crippen LogP contribution in [0.3, 0.4) is 0 Å². The van der Waals surface area contributed by atoms with E-state index >= 15 is 0 Å². The second-order valence-electron chi connectivity index (χ2n) is 7.33. The molecule has 0 aliphatic carbocycles. The topological polar surface area (TPSA) is 56.5 Å². The number of methoxy groups -OCH3 is 1. The van der Waals surface area contributed by atoms with E-state index in [4.69, 9.17) is 9.72 Å². The van der Waals surface area contributed by atoms with E-state index in [-0.39, 0.29) is 0 Å². The molecule has 1 unspecified atom stereocenters. The lowest BCUT2D eigenvalue weighted by Crippen LogP contribution is -1.97. The molecule has 0 amide bonds. The predicted octanol–water partition coefficient (Wildman–Crippen LogP) is 5.48. The third kappa shape index (κ3) is 3.48. The van der Waals surface area contributed by atoms with Crippen LogP contribution >= 0.6 is 0 Å². The molecule has 0 bridgehead atoms. The first-order valence-corrected chi connectivity index (χ1v) is 11.7. The molecular weight excluding hydrogens is 418 g/mol. The Labute approximate surface area is 188 Å². The molecule has 32 heavy (non-hydrogen) atoms. The number of rotatable bonds is 5. The molecule has 5 aromatic rings. The molecule has 3 aromatic carbocycles. The average Bonchev–Trinajstić information content (AvgIpc) is 3.23. The molecular formula is C26H21N3O2S. The number of fused-ring (bicyclic) bond motifs is 1. The van der Waals surface area contributed by atoms with E-state index in [0.29, 0.717) is 5.78 Å². The second-order valence-corrected chi connectivity index (χ2v) is 8.68. The molecule has 5 rings (SSSR count). The normalized spacial score (nSPS) is 12.1. The summed E-state index contributed by atoms with van der Waals surface area (Å²) in [6.07, 6.45) is 5.36. The van der Waals surface area contributed by atoms with Crippen LogP contribution in [0.4, 0.5) is 0 Å². The zero-order valence-electron chi connectivity index (χ0n) is 17.7.